The quantitative estimate of drug-likeness (QED) is 0.899. The minimum atomic E-state index is -0.552. The molecule has 0 unspecified atom stereocenters. The molecule has 6 nitrogen and oxygen atoms in total. The maximum Gasteiger partial charge on any atom is 0.320 e. The number of urea groups is 1. The first kappa shape index (κ1) is 16.7. The lowest BCUT2D eigenvalue weighted by atomic mass is 9.98. The molecule has 0 radical (unpaired) electrons. The standard InChI is InChI=1S/C17H23FN4O2/c1-20-10-11-22(17(20)24)14-6-8-21(9-7-14)15(16(19)23)12-2-4-13(18)5-3-12/h2-5,14-15H,6-11H2,1H3,(H2,19,23)/t15-/m1/s1. The summed E-state index contributed by atoms with van der Waals surface area (Å²) in [5.74, 6) is -0.769. The van der Waals surface area contributed by atoms with Crippen molar-refractivity contribution >= 4 is 11.9 Å². The van der Waals surface area contributed by atoms with E-state index in [4.69, 9.17) is 5.73 Å². The lowest BCUT2D eigenvalue weighted by molar-refractivity contribution is -0.124. The predicted molar refractivity (Wildman–Crippen MR) is 87.7 cm³/mol. The number of hydrogen-bond acceptors (Lipinski definition) is 3. The van der Waals surface area contributed by atoms with E-state index < -0.39 is 11.9 Å². The zero-order valence-electron chi connectivity index (χ0n) is 13.8. The molecule has 2 N–H and O–H groups in total. The number of rotatable bonds is 4. The fourth-order valence-electron chi connectivity index (χ4n) is 3.66. The molecular formula is C17H23FN4O2. The van der Waals surface area contributed by atoms with Crippen LogP contribution in [-0.4, -0.2) is 65.9 Å². The lowest BCUT2D eigenvalue weighted by Crippen LogP contribution is -2.49. The molecule has 24 heavy (non-hydrogen) atoms. The molecule has 2 fully saturated rings. The van der Waals surface area contributed by atoms with E-state index in [0.29, 0.717) is 18.7 Å². The number of benzene rings is 1. The van der Waals surface area contributed by atoms with E-state index in [1.165, 1.54) is 12.1 Å². The Kier molecular flexibility index (Phi) is 4.71. The summed E-state index contributed by atoms with van der Waals surface area (Å²) in [6.45, 7) is 2.89. The number of amides is 3. The van der Waals surface area contributed by atoms with Crippen molar-refractivity contribution in [3.8, 4) is 0 Å². The van der Waals surface area contributed by atoms with Crippen LogP contribution in [0, 0.1) is 5.82 Å². The highest BCUT2D eigenvalue weighted by atomic mass is 19.1. The van der Waals surface area contributed by atoms with Crippen molar-refractivity contribution in [2.45, 2.75) is 24.9 Å². The molecule has 1 atom stereocenters. The van der Waals surface area contributed by atoms with E-state index >= 15 is 0 Å². The Morgan fingerprint density at radius 2 is 1.79 bits per heavy atom. The van der Waals surface area contributed by atoms with Crippen LogP contribution >= 0.6 is 0 Å². The first-order chi connectivity index (χ1) is 11.5. The van der Waals surface area contributed by atoms with Gasteiger partial charge in [-0.2, -0.15) is 0 Å². The summed E-state index contributed by atoms with van der Waals surface area (Å²) in [6, 6.07) is 5.64. The highest BCUT2D eigenvalue weighted by molar-refractivity contribution is 5.81. The first-order valence-corrected chi connectivity index (χ1v) is 8.28. The molecule has 2 aliphatic heterocycles. The van der Waals surface area contributed by atoms with Gasteiger partial charge in [-0.1, -0.05) is 12.1 Å². The zero-order chi connectivity index (χ0) is 17.3. The van der Waals surface area contributed by atoms with Gasteiger partial charge in [-0.05, 0) is 30.5 Å². The fraction of sp³-hybridized carbons (Fsp3) is 0.529. The van der Waals surface area contributed by atoms with Gasteiger partial charge in [0.1, 0.15) is 11.9 Å². The second kappa shape index (κ2) is 6.76. The molecule has 2 saturated heterocycles. The summed E-state index contributed by atoms with van der Waals surface area (Å²) in [5.41, 5.74) is 6.30. The number of primary amides is 1. The average molecular weight is 334 g/mol. The van der Waals surface area contributed by atoms with E-state index in [1.807, 2.05) is 16.8 Å². The molecule has 1 aromatic carbocycles. The van der Waals surface area contributed by atoms with Gasteiger partial charge in [0.25, 0.3) is 0 Å². The Morgan fingerprint density at radius 1 is 1.17 bits per heavy atom. The largest absolute Gasteiger partial charge is 0.368 e. The summed E-state index contributed by atoms with van der Waals surface area (Å²) in [4.78, 5) is 29.7. The zero-order valence-corrected chi connectivity index (χ0v) is 13.8. The van der Waals surface area contributed by atoms with Gasteiger partial charge in [0.05, 0.1) is 0 Å². The smallest absolute Gasteiger partial charge is 0.320 e. The molecule has 3 rings (SSSR count). The molecule has 7 heteroatoms. The lowest BCUT2D eigenvalue weighted by Gasteiger charge is -2.39. The van der Waals surface area contributed by atoms with Crippen LogP contribution in [0.4, 0.5) is 9.18 Å². The van der Waals surface area contributed by atoms with E-state index in [-0.39, 0.29) is 17.9 Å². The van der Waals surface area contributed by atoms with Crippen molar-refractivity contribution in [3.05, 3.63) is 35.6 Å². The molecule has 2 aliphatic rings. The van der Waals surface area contributed by atoms with Crippen LogP contribution < -0.4 is 5.73 Å². The molecular weight excluding hydrogens is 311 g/mol. The second-order valence-electron chi connectivity index (χ2n) is 6.52. The van der Waals surface area contributed by atoms with Crippen LogP contribution in [0.15, 0.2) is 24.3 Å². The number of carbonyl (C=O) groups is 2. The molecule has 1 aromatic rings. The topological polar surface area (TPSA) is 69.9 Å². The molecule has 0 bridgehead atoms. The highest BCUT2D eigenvalue weighted by Gasteiger charge is 2.36. The number of likely N-dealkylation sites (N-methyl/N-ethyl adjacent to an activating group) is 1. The number of hydrogen-bond donors (Lipinski definition) is 1. The van der Waals surface area contributed by atoms with Gasteiger partial charge in [-0.25, -0.2) is 9.18 Å². The Hall–Kier alpha value is -2.15. The van der Waals surface area contributed by atoms with Gasteiger partial charge in [0.15, 0.2) is 0 Å². The summed E-state index contributed by atoms with van der Waals surface area (Å²) < 4.78 is 13.1. The Bertz CT molecular complexity index is 614. The maximum absolute atomic E-state index is 13.1. The van der Waals surface area contributed by atoms with E-state index in [1.54, 1.807) is 17.0 Å². The maximum atomic E-state index is 13.1. The van der Waals surface area contributed by atoms with Gasteiger partial charge in [0.2, 0.25) is 5.91 Å². The summed E-state index contributed by atoms with van der Waals surface area (Å²) >= 11 is 0. The molecule has 0 spiro atoms. The average Bonchev–Trinajstić information content (AvgIpc) is 2.89. The van der Waals surface area contributed by atoms with Crippen molar-refractivity contribution in [1.29, 1.82) is 0 Å². The Morgan fingerprint density at radius 3 is 2.29 bits per heavy atom. The number of nitrogens with zero attached hydrogens (tertiary/aromatic N) is 3. The molecule has 2 heterocycles. The van der Waals surface area contributed by atoms with Gasteiger partial charge in [-0.3, -0.25) is 9.69 Å². The van der Waals surface area contributed by atoms with Crippen LogP contribution in [0.2, 0.25) is 0 Å². The van der Waals surface area contributed by atoms with Crippen molar-refractivity contribution in [1.82, 2.24) is 14.7 Å². The molecule has 130 valence electrons. The first-order valence-electron chi connectivity index (χ1n) is 8.28. The predicted octanol–water partition coefficient (Wildman–Crippen LogP) is 1.18. The van der Waals surface area contributed by atoms with Crippen molar-refractivity contribution in [3.63, 3.8) is 0 Å². The normalized spacial score (nSPS) is 21.3. The van der Waals surface area contributed by atoms with Crippen LogP contribution in [-0.2, 0) is 4.79 Å². The van der Waals surface area contributed by atoms with Gasteiger partial charge < -0.3 is 15.5 Å². The summed E-state index contributed by atoms with van der Waals surface area (Å²) in [7, 11) is 1.81. The molecule has 0 saturated carbocycles. The minimum absolute atomic E-state index is 0.0819. The second-order valence-corrected chi connectivity index (χ2v) is 6.52. The van der Waals surface area contributed by atoms with Crippen molar-refractivity contribution in [2.24, 2.45) is 5.73 Å². The van der Waals surface area contributed by atoms with Gasteiger partial charge >= 0.3 is 6.03 Å². The number of halogens is 1. The molecule has 0 aromatic heterocycles. The fourth-order valence-corrected chi connectivity index (χ4v) is 3.66. The number of likely N-dealkylation sites (tertiary alicyclic amines) is 1. The summed E-state index contributed by atoms with van der Waals surface area (Å²) in [6.07, 6.45) is 1.62. The van der Waals surface area contributed by atoms with Gasteiger partial charge in [0, 0.05) is 39.3 Å². The van der Waals surface area contributed by atoms with Crippen LogP contribution in [0.25, 0.3) is 0 Å². The SMILES string of the molecule is CN1CCN(C2CCN([C@@H](C(N)=O)c3ccc(F)cc3)CC2)C1=O. The number of carbonyl (C=O) groups excluding carboxylic acids is 2. The van der Waals surface area contributed by atoms with E-state index in [9.17, 15) is 14.0 Å². The minimum Gasteiger partial charge on any atom is -0.368 e. The Balaban J connectivity index is 1.67. The highest BCUT2D eigenvalue weighted by Crippen LogP contribution is 2.27. The third-order valence-electron chi connectivity index (χ3n) is 5.01. The van der Waals surface area contributed by atoms with E-state index in [0.717, 1.165) is 25.9 Å². The van der Waals surface area contributed by atoms with E-state index in [2.05, 4.69) is 0 Å². The van der Waals surface area contributed by atoms with Gasteiger partial charge in [-0.15, -0.1) is 0 Å². The molecule has 3 amide bonds. The van der Waals surface area contributed by atoms with Crippen LogP contribution in [0.3, 0.4) is 0 Å². The van der Waals surface area contributed by atoms with Crippen molar-refractivity contribution in [2.75, 3.05) is 33.2 Å². The number of nitrogens with two attached hydrogens (primary N) is 1. The third kappa shape index (κ3) is 3.21. The number of piperidine rings is 1. The van der Waals surface area contributed by atoms with Crippen molar-refractivity contribution < 1.29 is 14.0 Å². The molecule has 0 aliphatic carbocycles. The third-order valence-corrected chi connectivity index (χ3v) is 5.01. The monoisotopic (exact) mass is 334 g/mol. The van der Waals surface area contributed by atoms with Crippen LogP contribution in [0.1, 0.15) is 24.4 Å². The Labute approximate surface area is 141 Å². The summed E-state index contributed by atoms with van der Waals surface area (Å²) in [5, 5.41) is 0. The van der Waals surface area contributed by atoms with Crippen LogP contribution in [0.5, 0.6) is 0 Å².